The van der Waals surface area contributed by atoms with Crippen molar-refractivity contribution >= 4 is 11.8 Å². The van der Waals surface area contributed by atoms with Gasteiger partial charge < -0.3 is 9.72 Å². The van der Waals surface area contributed by atoms with E-state index in [1.165, 1.54) is 0 Å². The Hall–Kier alpha value is -2.47. The van der Waals surface area contributed by atoms with Crippen molar-refractivity contribution < 1.29 is 17.9 Å². The molecule has 0 amide bonds. The van der Waals surface area contributed by atoms with Crippen LogP contribution < -0.4 is 10.3 Å². The van der Waals surface area contributed by atoms with Gasteiger partial charge in [0.25, 0.3) is 5.56 Å². The number of rotatable bonds is 4. The molecule has 1 heterocycles. The van der Waals surface area contributed by atoms with Crippen molar-refractivity contribution in [3.8, 4) is 23.1 Å². The number of nitrogens with one attached hydrogen (secondary N) is 1. The van der Waals surface area contributed by atoms with E-state index in [2.05, 4.69) is 14.7 Å². The molecule has 1 aromatic heterocycles. The maximum atomic E-state index is 14.1. The Morgan fingerprint density at radius 2 is 2.18 bits per heavy atom. The molecule has 22 heavy (non-hydrogen) atoms. The molecular formula is C13H8F3N3O2S. The zero-order chi connectivity index (χ0) is 16.3. The minimum atomic E-state index is -3.08. The van der Waals surface area contributed by atoms with Crippen LogP contribution in [0.15, 0.2) is 28.2 Å². The standard InChI is InChI=1S/C13H8F3N3O2S/c1-22-13-18-10(8(5-17)11(20)19-13)7-3-2-6(4-9(7)14)21-12(15)16/h2-4,12H,1H3,(H,18,19,20). The first-order valence-corrected chi connectivity index (χ1v) is 7.02. The Balaban J connectivity index is 2.59. The second-order valence-corrected chi connectivity index (χ2v) is 4.73. The maximum absolute atomic E-state index is 14.1. The summed E-state index contributed by atoms with van der Waals surface area (Å²) in [5.74, 6) is -1.30. The quantitative estimate of drug-likeness (QED) is 0.690. The Bertz CT molecular complexity index is 802. The lowest BCUT2D eigenvalue weighted by Gasteiger charge is -2.09. The second-order valence-electron chi connectivity index (χ2n) is 3.93. The van der Waals surface area contributed by atoms with Crippen molar-refractivity contribution in [2.75, 3.05) is 6.26 Å². The number of ether oxygens (including phenoxy) is 1. The van der Waals surface area contributed by atoms with Crippen molar-refractivity contribution in [2.24, 2.45) is 0 Å². The number of alkyl halides is 2. The summed E-state index contributed by atoms with van der Waals surface area (Å²) in [6.45, 7) is -3.08. The Morgan fingerprint density at radius 3 is 2.73 bits per heavy atom. The third-order valence-corrected chi connectivity index (χ3v) is 3.20. The number of nitrogens with zero attached hydrogens (tertiary/aromatic N) is 2. The number of aromatic amines is 1. The van der Waals surface area contributed by atoms with Crippen LogP contribution in [0.3, 0.4) is 0 Å². The monoisotopic (exact) mass is 327 g/mol. The van der Waals surface area contributed by atoms with Crippen LogP contribution in [0, 0.1) is 17.1 Å². The topological polar surface area (TPSA) is 78.8 Å². The largest absolute Gasteiger partial charge is 0.435 e. The van der Waals surface area contributed by atoms with E-state index in [0.29, 0.717) is 0 Å². The van der Waals surface area contributed by atoms with E-state index in [0.717, 1.165) is 30.0 Å². The summed E-state index contributed by atoms with van der Waals surface area (Å²) in [5, 5.41) is 9.23. The van der Waals surface area contributed by atoms with Crippen LogP contribution in [0.5, 0.6) is 5.75 Å². The molecule has 0 aliphatic heterocycles. The van der Waals surface area contributed by atoms with Crippen LogP contribution in [0.4, 0.5) is 13.2 Å². The van der Waals surface area contributed by atoms with E-state index in [4.69, 9.17) is 5.26 Å². The summed E-state index contributed by atoms with van der Waals surface area (Å²) in [5.41, 5.74) is -1.38. The highest BCUT2D eigenvalue weighted by Crippen LogP contribution is 2.27. The maximum Gasteiger partial charge on any atom is 0.387 e. The predicted molar refractivity (Wildman–Crippen MR) is 73.4 cm³/mol. The van der Waals surface area contributed by atoms with Crippen LogP contribution in [0.25, 0.3) is 11.3 Å². The zero-order valence-corrected chi connectivity index (χ0v) is 11.9. The predicted octanol–water partition coefficient (Wildman–Crippen LogP) is 2.77. The van der Waals surface area contributed by atoms with E-state index in [9.17, 15) is 18.0 Å². The lowest BCUT2D eigenvalue weighted by Crippen LogP contribution is -2.15. The van der Waals surface area contributed by atoms with Crippen molar-refractivity contribution in [2.45, 2.75) is 11.8 Å². The van der Waals surface area contributed by atoms with Gasteiger partial charge >= 0.3 is 6.61 Å². The van der Waals surface area contributed by atoms with E-state index in [1.54, 1.807) is 12.3 Å². The first-order valence-electron chi connectivity index (χ1n) is 5.79. The molecule has 0 atom stereocenters. The molecular weight excluding hydrogens is 319 g/mol. The average Bonchev–Trinajstić information content (AvgIpc) is 2.46. The zero-order valence-electron chi connectivity index (χ0n) is 11.1. The number of halogens is 3. The Morgan fingerprint density at radius 1 is 1.45 bits per heavy atom. The van der Waals surface area contributed by atoms with E-state index in [1.807, 2.05) is 0 Å². The smallest absolute Gasteiger partial charge is 0.387 e. The summed E-state index contributed by atoms with van der Waals surface area (Å²) in [7, 11) is 0. The summed E-state index contributed by atoms with van der Waals surface area (Å²) < 4.78 is 42.4. The first-order chi connectivity index (χ1) is 10.5. The molecule has 0 aliphatic carbocycles. The normalized spacial score (nSPS) is 10.5. The lowest BCUT2D eigenvalue weighted by molar-refractivity contribution is -0.0499. The molecule has 1 N–H and O–H groups in total. The second kappa shape index (κ2) is 6.53. The summed E-state index contributed by atoms with van der Waals surface area (Å²) in [4.78, 5) is 18.1. The molecule has 0 aliphatic rings. The number of H-pyrrole nitrogens is 1. The molecule has 0 saturated carbocycles. The molecule has 0 unspecified atom stereocenters. The molecule has 0 spiro atoms. The number of hydrogen-bond acceptors (Lipinski definition) is 5. The molecule has 0 radical (unpaired) electrons. The summed E-state index contributed by atoms with van der Waals surface area (Å²) >= 11 is 1.11. The molecule has 2 aromatic rings. The molecule has 0 fully saturated rings. The van der Waals surface area contributed by atoms with Crippen molar-refractivity contribution in [3.05, 3.63) is 39.9 Å². The van der Waals surface area contributed by atoms with Crippen molar-refractivity contribution in [1.82, 2.24) is 9.97 Å². The highest BCUT2D eigenvalue weighted by Gasteiger charge is 2.17. The van der Waals surface area contributed by atoms with Gasteiger partial charge in [0.2, 0.25) is 0 Å². The summed E-state index contributed by atoms with van der Waals surface area (Å²) in [6.07, 6.45) is 1.64. The average molecular weight is 327 g/mol. The van der Waals surface area contributed by atoms with Crippen molar-refractivity contribution in [1.29, 1.82) is 5.26 Å². The van der Waals surface area contributed by atoms with Crippen LogP contribution in [0.1, 0.15) is 5.56 Å². The molecule has 0 saturated heterocycles. The fourth-order valence-electron chi connectivity index (χ4n) is 1.71. The first kappa shape index (κ1) is 15.9. The van der Waals surface area contributed by atoms with Gasteiger partial charge in [-0.1, -0.05) is 11.8 Å². The van der Waals surface area contributed by atoms with Crippen molar-refractivity contribution in [3.63, 3.8) is 0 Å². The van der Waals surface area contributed by atoms with Gasteiger partial charge in [-0.25, -0.2) is 9.37 Å². The Labute approximate surface area is 126 Å². The van der Waals surface area contributed by atoms with E-state index >= 15 is 0 Å². The third-order valence-electron chi connectivity index (χ3n) is 2.62. The number of nitriles is 1. The van der Waals surface area contributed by atoms with Crippen LogP contribution in [-0.2, 0) is 0 Å². The van der Waals surface area contributed by atoms with Gasteiger partial charge in [-0.3, -0.25) is 4.79 Å². The van der Waals surface area contributed by atoms with Crippen LogP contribution in [0.2, 0.25) is 0 Å². The molecule has 2 rings (SSSR count). The van der Waals surface area contributed by atoms with Gasteiger partial charge in [0.1, 0.15) is 23.2 Å². The summed E-state index contributed by atoms with van der Waals surface area (Å²) in [6, 6.07) is 4.62. The minimum absolute atomic E-state index is 0.153. The van der Waals surface area contributed by atoms with Gasteiger partial charge in [0.15, 0.2) is 5.16 Å². The Kier molecular flexibility index (Phi) is 4.72. The molecule has 114 valence electrons. The number of thioether (sulfide) groups is 1. The number of aromatic nitrogens is 2. The number of hydrogen-bond donors (Lipinski definition) is 1. The van der Waals surface area contributed by atoms with Gasteiger partial charge in [0, 0.05) is 11.6 Å². The highest BCUT2D eigenvalue weighted by atomic mass is 32.2. The fraction of sp³-hybridized carbons (Fsp3) is 0.154. The fourth-order valence-corrected chi connectivity index (χ4v) is 2.09. The van der Waals surface area contributed by atoms with E-state index < -0.39 is 18.0 Å². The van der Waals surface area contributed by atoms with Gasteiger partial charge in [-0.2, -0.15) is 14.0 Å². The highest BCUT2D eigenvalue weighted by molar-refractivity contribution is 7.98. The van der Waals surface area contributed by atoms with Crippen LogP contribution >= 0.6 is 11.8 Å². The molecule has 0 bridgehead atoms. The van der Waals surface area contributed by atoms with Gasteiger partial charge in [-0.05, 0) is 18.4 Å². The molecule has 9 heteroatoms. The molecule has 5 nitrogen and oxygen atoms in total. The van der Waals surface area contributed by atoms with Crippen LogP contribution in [-0.4, -0.2) is 22.8 Å². The van der Waals surface area contributed by atoms with E-state index in [-0.39, 0.29) is 27.7 Å². The minimum Gasteiger partial charge on any atom is -0.435 e. The molecule has 1 aromatic carbocycles. The third kappa shape index (κ3) is 3.23. The van der Waals surface area contributed by atoms with Gasteiger partial charge in [0.05, 0.1) is 5.69 Å². The SMILES string of the molecule is CSc1nc(-c2ccc(OC(F)F)cc2F)c(C#N)c(=O)[nH]1. The number of benzene rings is 1. The lowest BCUT2D eigenvalue weighted by atomic mass is 10.1. The van der Waals surface area contributed by atoms with Gasteiger partial charge in [-0.15, -0.1) is 0 Å².